The van der Waals surface area contributed by atoms with Crippen LogP contribution in [0.5, 0.6) is 5.88 Å². The van der Waals surface area contributed by atoms with E-state index >= 15 is 4.39 Å². The second kappa shape index (κ2) is 11.1. The van der Waals surface area contributed by atoms with Crippen molar-refractivity contribution in [2.45, 2.75) is 29.6 Å². The van der Waals surface area contributed by atoms with Gasteiger partial charge in [-0.25, -0.2) is 37.5 Å². The van der Waals surface area contributed by atoms with E-state index in [1.54, 1.807) is 13.0 Å². The average Bonchev–Trinajstić information content (AvgIpc) is 2.94. The highest BCUT2D eigenvalue weighted by Crippen LogP contribution is 2.47. The lowest BCUT2D eigenvalue weighted by molar-refractivity contribution is -0.160. The highest BCUT2D eigenvalue weighted by Gasteiger charge is 2.47. The summed E-state index contributed by atoms with van der Waals surface area (Å²) in [5.74, 6) is -1.33. The van der Waals surface area contributed by atoms with Crippen molar-refractivity contribution >= 4 is 45.4 Å². The molecule has 2 aliphatic rings. The fraction of sp³-hybridized carbons (Fsp3) is 0.321. The number of nitrogens with two attached hydrogens (primary N) is 1. The number of thioether (sulfide) groups is 1. The third-order valence-electron chi connectivity index (χ3n) is 6.73. The number of carbonyl (C=O) groups excluding carboxylic acids is 1. The second-order valence-corrected chi connectivity index (χ2v) is 11.7. The van der Waals surface area contributed by atoms with E-state index in [0.29, 0.717) is 22.5 Å². The Morgan fingerprint density at radius 3 is 2.81 bits per heavy atom. The number of aromatic nitrogens is 3. The molecular formula is C28H25F4N7O2S. The normalized spacial score (nSPS) is 23.2. The van der Waals surface area contributed by atoms with Crippen LogP contribution in [-0.2, 0) is 10.3 Å². The van der Waals surface area contributed by atoms with Crippen LogP contribution in [0.2, 0.25) is 0 Å². The van der Waals surface area contributed by atoms with Crippen LogP contribution in [0.1, 0.15) is 18.9 Å². The maximum atomic E-state index is 15.3. The van der Waals surface area contributed by atoms with Gasteiger partial charge in [0, 0.05) is 28.3 Å². The van der Waals surface area contributed by atoms with Crippen LogP contribution in [-0.4, -0.2) is 68.0 Å². The number of anilines is 2. The number of likely N-dealkylation sites (tertiary alicyclic amines) is 1. The topological polar surface area (TPSA) is 119 Å². The van der Waals surface area contributed by atoms with E-state index in [9.17, 15) is 18.0 Å². The quantitative estimate of drug-likeness (QED) is 0.223. The highest BCUT2D eigenvalue weighted by atomic mass is 32.2. The second-order valence-electron chi connectivity index (χ2n) is 10.1. The van der Waals surface area contributed by atoms with Gasteiger partial charge in [-0.3, -0.25) is 4.79 Å². The number of nitrogens with zero attached hydrogens (tertiary/aromatic N) is 5. The van der Waals surface area contributed by atoms with Gasteiger partial charge in [-0.1, -0.05) is 23.8 Å². The molecule has 2 aliphatic heterocycles. The van der Waals surface area contributed by atoms with Crippen LogP contribution in [0, 0.1) is 18.2 Å². The highest BCUT2D eigenvalue weighted by molar-refractivity contribution is 8.15. The predicted molar refractivity (Wildman–Crippen MR) is 152 cm³/mol. The van der Waals surface area contributed by atoms with Crippen LogP contribution in [0.3, 0.4) is 0 Å². The van der Waals surface area contributed by atoms with E-state index < -0.39 is 47.7 Å². The summed E-state index contributed by atoms with van der Waals surface area (Å²) in [6.07, 6.45) is 10.7. The molecule has 42 heavy (non-hydrogen) atoms. The summed E-state index contributed by atoms with van der Waals surface area (Å²) in [7, 11) is 0. The molecule has 3 aromatic rings. The Bertz CT molecular complexity index is 1640. The van der Waals surface area contributed by atoms with Gasteiger partial charge in [0.15, 0.2) is 17.6 Å². The fourth-order valence-corrected chi connectivity index (χ4v) is 5.99. The number of aliphatic imine (C=N–C) groups is 1. The van der Waals surface area contributed by atoms with E-state index in [-0.39, 0.29) is 29.6 Å². The van der Waals surface area contributed by atoms with Gasteiger partial charge >= 0.3 is 0 Å². The number of fused-ring (bicyclic) bond motifs is 1. The number of alkyl halides is 3. The lowest BCUT2D eigenvalue weighted by Crippen LogP contribution is -2.58. The summed E-state index contributed by atoms with van der Waals surface area (Å²) in [5.41, 5.74) is 5.53. The molecule has 218 valence electrons. The van der Waals surface area contributed by atoms with Crippen LogP contribution in [0.4, 0.5) is 29.1 Å². The SMILES string of the molecule is C#CCOc1cnc2c(Nc3ccc(F)c([C@]4(CF)C[C@](C)(/C=C/C(=O)N5CC(F)(F)C5)SC(N)=N4)c3)nccc2n1. The molecular weight excluding hydrogens is 574 g/mol. The first-order valence-corrected chi connectivity index (χ1v) is 13.5. The third-order valence-corrected chi connectivity index (χ3v) is 7.78. The van der Waals surface area contributed by atoms with Crippen LogP contribution >= 0.6 is 11.8 Å². The molecule has 3 N–H and O–H groups in total. The number of pyridine rings is 1. The van der Waals surface area contributed by atoms with Gasteiger partial charge in [0.05, 0.1) is 24.8 Å². The van der Waals surface area contributed by atoms with Gasteiger partial charge in [0.25, 0.3) is 5.92 Å². The van der Waals surface area contributed by atoms with Crippen molar-refractivity contribution in [1.82, 2.24) is 19.9 Å². The van der Waals surface area contributed by atoms with Crippen molar-refractivity contribution in [3.05, 3.63) is 60.2 Å². The standard InChI is InChI=1S/C28H25F4N7O2S/c1-3-10-41-21-12-35-23-20(37-21)7-9-34-24(23)36-17-4-5-19(30)18(11-17)27(14-29)13-26(2,42-25(33)38-27)8-6-22(40)39-15-28(31,32)16-39/h1,4-9,11-12H,10,13-16H2,2H3,(H2,33,38)(H,34,36)/b8-6+/t26-,27+/m0/s1. The molecule has 0 bridgehead atoms. The van der Waals surface area contributed by atoms with Gasteiger partial charge < -0.3 is 20.7 Å². The molecule has 2 aromatic heterocycles. The zero-order chi connectivity index (χ0) is 30.1. The molecule has 0 unspecified atom stereocenters. The van der Waals surface area contributed by atoms with Crippen LogP contribution in [0.15, 0.2) is 53.8 Å². The lowest BCUT2D eigenvalue weighted by atomic mass is 9.82. The zero-order valence-electron chi connectivity index (χ0n) is 22.3. The lowest BCUT2D eigenvalue weighted by Gasteiger charge is -2.41. The number of hydrogen-bond acceptors (Lipinski definition) is 9. The number of amidine groups is 1. The first-order valence-electron chi connectivity index (χ1n) is 12.7. The average molecular weight is 600 g/mol. The summed E-state index contributed by atoms with van der Waals surface area (Å²) < 4.78 is 60.9. The van der Waals surface area contributed by atoms with Crippen LogP contribution < -0.4 is 15.8 Å². The van der Waals surface area contributed by atoms with E-state index in [1.807, 2.05) is 0 Å². The first kappa shape index (κ1) is 29.1. The number of terminal acetylenes is 1. The minimum atomic E-state index is -2.91. The van der Waals surface area contributed by atoms with Crippen molar-refractivity contribution < 1.29 is 27.1 Å². The Balaban J connectivity index is 1.43. The predicted octanol–water partition coefficient (Wildman–Crippen LogP) is 4.33. The van der Waals surface area contributed by atoms with Crippen LogP contribution in [0.25, 0.3) is 11.0 Å². The molecule has 1 aromatic carbocycles. The summed E-state index contributed by atoms with van der Waals surface area (Å²) >= 11 is 1.07. The maximum Gasteiger partial charge on any atom is 0.282 e. The summed E-state index contributed by atoms with van der Waals surface area (Å²) in [6, 6.07) is 5.67. The molecule has 0 radical (unpaired) electrons. The Hall–Kier alpha value is -4.38. The number of benzene rings is 1. The summed E-state index contributed by atoms with van der Waals surface area (Å²) in [4.78, 5) is 30.7. The summed E-state index contributed by atoms with van der Waals surface area (Å²) in [5, 5.41) is 3.06. The molecule has 0 aliphatic carbocycles. The monoisotopic (exact) mass is 599 g/mol. The van der Waals surface area contributed by atoms with Crippen molar-refractivity contribution in [1.29, 1.82) is 0 Å². The molecule has 9 nitrogen and oxygen atoms in total. The van der Waals surface area contributed by atoms with Gasteiger partial charge in [-0.2, -0.15) is 0 Å². The summed E-state index contributed by atoms with van der Waals surface area (Å²) in [6.45, 7) is -0.706. The maximum absolute atomic E-state index is 15.3. The molecule has 2 atom stereocenters. The number of hydrogen-bond donors (Lipinski definition) is 2. The number of nitrogens with one attached hydrogen (secondary N) is 1. The van der Waals surface area contributed by atoms with E-state index in [1.165, 1.54) is 36.7 Å². The van der Waals surface area contributed by atoms with E-state index in [4.69, 9.17) is 16.9 Å². The third kappa shape index (κ3) is 5.96. The van der Waals surface area contributed by atoms with Crippen molar-refractivity contribution in [2.24, 2.45) is 10.7 Å². The molecule has 1 fully saturated rings. The molecule has 0 spiro atoms. The number of rotatable bonds is 8. The largest absolute Gasteiger partial charge is 0.463 e. The first-order chi connectivity index (χ1) is 19.9. The Labute approximate surface area is 242 Å². The molecule has 0 saturated carbocycles. The van der Waals surface area contributed by atoms with Gasteiger partial charge in [0.1, 0.15) is 23.5 Å². The van der Waals surface area contributed by atoms with E-state index in [2.05, 4.69) is 31.2 Å². The van der Waals surface area contributed by atoms with Crippen molar-refractivity contribution in [3.8, 4) is 18.2 Å². The molecule has 4 heterocycles. The van der Waals surface area contributed by atoms with Gasteiger partial charge in [0.2, 0.25) is 11.8 Å². The van der Waals surface area contributed by atoms with E-state index in [0.717, 1.165) is 22.7 Å². The van der Waals surface area contributed by atoms with Crippen molar-refractivity contribution in [2.75, 3.05) is 31.7 Å². The number of ether oxygens (including phenoxy) is 1. The minimum Gasteiger partial charge on any atom is -0.463 e. The van der Waals surface area contributed by atoms with Crippen molar-refractivity contribution in [3.63, 3.8) is 0 Å². The Morgan fingerprint density at radius 2 is 2.10 bits per heavy atom. The smallest absolute Gasteiger partial charge is 0.282 e. The minimum absolute atomic E-state index is 0.0133. The Kier molecular flexibility index (Phi) is 7.72. The molecule has 14 heteroatoms. The molecule has 1 amide bonds. The number of amides is 1. The van der Waals surface area contributed by atoms with Gasteiger partial charge in [-0.05, 0) is 37.6 Å². The zero-order valence-corrected chi connectivity index (χ0v) is 23.1. The molecule has 1 saturated heterocycles. The fourth-order valence-electron chi connectivity index (χ4n) is 4.85. The number of halogens is 4. The Morgan fingerprint density at radius 1 is 1.31 bits per heavy atom. The van der Waals surface area contributed by atoms with Gasteiger partial charge in [-0.15, -0.1) is 6.42 Å². The number of carbonyl (C=O) groups is 1. The molecule has 5 rings (SSSR count).